The maximum Gasteiger partial charge on any atom is 0.337 e. The number of aromatic carboxylic acids is 1. The van der Waals surface area contributed by atoms with E-state index in [0.717, 1.165) is 22.6 Å². The van der Waals surface area contributed by atoms with Crippen LogP contribution in [-0.2, 0) is 10.0 Å². The molecular weight excluding hydrogens is 341 g/mol. The maximum absolute atomic E-state index is 14.2. The minimum absolute atomic E-state index is 0.00445. The van der Waals surface area contributed by atoms with E-state index in [0.29, 0.717) is 0 Å². The lowest BCUT2D eigenvalue weighted by Gasteiger charge is -2.13. The Balaban J connectivity index is 2.55. The minimum Gasteiger partial charge on any atom is -0.478 e. The van der Waals surface area contributed by atoms with E-state index < -0.39 is 32.3 Å². The summed E-state index contributed by atoms with van der Waals surface area (Å²) in [6.07, 6.45) is 1.13. The zero-order chi connectivity index (χ0) is 17.8. The van der Waals surface area contributed by atoms with Crippen LogP contribution in [0.15, 0.2) is 28.0 Å². The van der Waals surface area contributed by atoms with Gasteiger partial charge in [-0.1, -0.05) is 0 Å². The number of fused-ring (bicyclic) bond motifs is 3. The molecule has 10 heteroatoms. The van der Waals surface area contributed by atoms with Gasteiger partial charge in [0.1, 0.15) is 16.2 Å². The number of carboxylic acid groups (broad SMARTS) is 1. The van der Waals surface area contributed by atoms with Crippen LogP contribution in [0, 0.1) is 5.82 Å². The van der Waals surface area contributed by atoms with E-state index in [1.165, 1.54) is 14.1 Å². The molecule has 0 saturated carbocycles. The average molecular weight is 353 g/mol. The summed E-state index contributed by atoms with van der Waals surface area (Å²) in [5, 5.41) is 9.40. The van der Waals surface area contributed by atoms with Gasteiger partial charge in [0.2, 0.25) is 10.0 Å². The van der Waals surface area contributed by atoms with Crippen molar-refractivity contribution in [3.63, 3.8) is 0 Å². The lowest BCUT2D eigenvalue weighted by molar-refractivity contribution is 0.0699. The highest BCUT2D eigenvalue weighted by molar-refractivity contribution is 7.89. The number of rotatable bonds is 3. The molecule has 126 valence electrons. The lowest BCUT2D eigenvalue weighted by Crippen LogP contribution is -2.23. The van der Waals surface area contributed by atoms with Crippen molar-refractivity contribution in [2.45, 2.75) is 4.90 Å². The Bertz CT molecular complexity index is 1160. The van der Waals surface area contributed by atoms with Gasteiger partial charge in [-0.25, -0.2) is 21.9 Å². The summed E-state index contributed by atoms with van der Waals surface area (Å²) in [5.41, 5.74) is -0.863. The van der Waals surface area contributed by atoms with Crippen molar-refractivity contribution in [1.29, 1.82) is 0 Å². The van der Waals surface area contributed by atoms with Crippen LogP contribution in [0.3, 0.4) is 0 Å². The van der Waals surface area contributed by atoms with Crippen molar-refractivity contribution >= 4 is 37.8 Å². The van der Waals surface area contributed by atoms with Gasteiger partial charge >= 0.3 is 5.97 Å². The van der Waals surface area contributed by atoms with Gasteiger partial charge in [0.05, 0.1) is 11.1 Å². The van der Waals surface area contributed by atoms with Crippen LogP contribution in [0.25, 0.3) is 21.8 Å². The SMILES string of the molecule is CN(C)S(=O)(=O)c1cc2c(cc1F)[nH]c(=O)c1[nH]cc(C(=O)O)c12. The number of carbonyl (C=O) groups is 1. The van der Waals surface area contributed by atoms with E-state index in [4.69, 9.17) is 0 Å². The number of carboxylic acids is 1. The Hall–Kier alpha value is -2.72. The standard InChI is InChI=1S/C14H12FN3O5S/c1-18(2)24(22,23)10-3-6-9(4-8(10)15)17-13(19)12-11(6)7(5-16-12)14(20)21/h3-5,16H,1-2H3,(H,17,19)(H,20,21). The van der Waals surface area contributed by atoms with Gasteiger partial charge in [-0.3, -0.25) is 4.79 Å². The topological polar surface area (TPSA) is 123 Å². The fraction of sp³-hybridized carbons (Fsp3) is 0.143. The van der Waals surface area contributed by atoms with Crippen molar-refractivity contribution in [2.24, 2.45) is 0 Å². The highest BCUT2D eigenvalue weighted by Crippen LogP contribution is 2.29. The molecule has 2 aromatic heterocycles. The number of sulfonamides is 1. The molecule has 0 amide bonds. The van der Waals surface area contributed by atoms with Crippen molar-refractivity contribution in [3.8, 4) is 0 Å². The summed E-state index contributed by atoms with van der Waals surface area (Å²) in [6, 6.07) is 1.89. The number of hydrogen-bond donors (Lipinski definition) is 3. The first kappa shape index (κ1) is 16.1. The van der Waals surface area contributed by atoms with Crippen LogP contribution >= 0.6 is 0 Å². The van der Waals surface area contributed by atoms with Crippen molar-refractivity contribution in [1.82, 2.24) is 14.3 Å². The van der Waals surface area contributed by atoms with Gasteiger partial charge in [-0.15, -0.1) is 0 Å². The molecule has 24 heavy (non-hydrogen) atoms. The summed E-state index contributed by atoms with van der Waals surface area (Å²) in [4.78, 5) is 27.7. The number of nitrogens with one attached hydrogen (secondary N) is 2. The highest BCUT2D eigenvalue weighted by atomic mass is 32.2. The van der Waals surface area contributed by atoms with Gasteiger partial charge in [0, 0.05) is 31.1 Å². The molecule has 0 aliphatic carbocycles. The molecule has 0 bridgehead atoms. The van der Waals surface area contributed by atoms with Gasteiger partial charge < -0.3 is 15.1 Å². The summed E-state index contributed by atoms with van der Waals surface area (Å²) >= 11 is 0. The van der Waals surface area contributed by atoms with Gasteiger partial charge in [-0.2, -0.15) is 0 Å². The predicted octanol–water partition coefficient (Wildman–Crippen LogP) is 1.10. The molecule has 0 radical (unpaired) electrons. The first-order chi connectivity index (χ1) is 11.1. The Morgan fingerprint density at radius 1 is 1.29 bits per heavy atom. The van der Waals surface area contributed by atoms with Crippen LogP contribution in [0.5, 0.6) is 0 Å². The van der Waals surface area contributed by atoms with E-state index in [1.54, 1.807) is 0 Å². The maximum atomic E-state index is 14.2. The molecule has 0 saturated heterocycles. The molecule has 1 aromatic carbocycles. The number of halogens is 1. The number of pyridine rings is 1. The molecule has 8 nitrogen and oxygen atoms in total. The number of aromatic nitrogens is 2. The zero-order valence-electron chi connectivity index (χ0n) is 12.5. The fourth-order valence-corrected chi connectivity index (χ4v) is 3.46. The van der Waals surface area contributed by atoms with E-state index in [9.17, 15) is 27.5 Å². The van der Waals surface area contributed by atoms with Crippen LogP contribution in [-0.4, -0.2) is 47.9 Å². The summed E-state index contributed by atoms with van der Waals surface area (Å²) < 4.78 is 39.6. The number of H-pyrrole nitrogens is 2. The monoisotopic (exact) mass is 353 g/mol. The Kier molecular flexibility index (Phi) is 3.46. The molecule has 0 atom stereocenters. The van der Waals surface area contributed by atoms with Crippen LogP contribution in [0.2, 0.25) is 0 Å². The van der Waals surface area contributed by atoms with Crippen molar-refractivity contribution < 1.29 is 22.7 Å². The number of benzene rings is 1. The normalized spacial score (nSPS) is 12.3. The van der Waals surface area contributed by atoms with Gasteiger partial charge in [0.25, 0.3) is 5.56 Å². The molecule has 2 heterocycles. The zero-order valence-corrected chi connectivity index (χ0v) is 13.4. The average Bonchev–Trinajstić information content (AvgIpc) is 2.92. The lowest BCUT2D eigenvalue weighted by atomic mass is 10.1. The molecule has 0 unspecified atom stereocenters. The first-order valence-corrected chi connectivity index (χ1v) is 8.11. The molecule has 3 rings (SSSR count). The number of hydrogen-bond acceptors (Lipinski definition) is 4. The first-order valence-electron chi connectivity index (χ1n) is 6.67. The van der Waals surface area contributed by atoms with E-state index in [-0.39, 0.29) is 27.4 Å². The molecular formula is C14H12FN3O5S. The van der Waals surface area contributed by atoms with Gasteiger partial charge in [0.15, 0.2) is 0 Å². The van der Waals surface area contributed by atoms with Crippen molar-refractivity contribution in [3.05, 3.63) is 40.1 Å². The smallest absolute Gasteiger partial charge is 0.337 e. The van der Waals surface area contributed by atoms with E-state index >= 15 is 0 Å². The van der Waals surface area contributed by atoms with E-state index in [2.05, 4.69) is 9.97 Å². The number of nitrogens with zero attached hydrogens (tertiary/aromatic N) is 1. The second-order valence-electron chi connectivity index (χ2n) is 5.33. The summed E-state index contributed by atoms with van der Waals surface area (Å²) in [5.74, 6) is -2.34. The highest BCUT2D eigenvalue weighted by Gasteiger charge is 2.25. The molecule has 3 aromatic rings. The fourth-order valence-electron chi connectivity index (χ4n) is 2.49. The molecule has 0 aliphatic rings. The Morgan fingerprint density at radius 2 is 1.96 bits per heavy atom. The quantitative estimate of drug-likeness (QED) is 0.650. The summed E-state index contributed by atoms with van der Waals surface area (Å²) in [6.45, 7) is 0. The minimum atomic E-state index is -4.09. The molecule has 0 fully saturated rings. The third kappa shape index (κ3) is 2.19. The van der Waals surface area contributed by atoms with Crippen molar-refractivity contribution in [2.75, 3.05) is 14.1 Å². The number of aromatic amines is 2. The van der Waals surface area contributed by atoms with E-state index in [1.807, 2.05) is 0 Å². The molecule has 0 aliphatic heterocycles. The Morgan fingerprint density at radius 3 is 2.54 bits per heavy atom. The molecule has 0 spiro atoms. The second kappa shape index (κ2) is 5.14. The third-order valence-electron chi connectivity index (χ3n) is 3.69. The Labute approximate surface area is 134 Å². The largest absolute Gasteiger partial charge is 0.478 e. The predicted molar refractivity (Wildman–Crippen MR) is 84.2 cm³/mol. The van der Waals surface area contributed by atoms with Gasteiger partial charge in [-0.05, 0) is 12.1 Å². The van der Waals surface area contributed by atoms with Crippen LogP contribution in [0.4, 0.5) is 4.39 Å². The third-order valence-corrected chi connectivity index (χ3v) is 5.52. The molecule has 3 N–H and O–H groups in total. The second-order valence-corrected chi connectivity index (χ2v) is 7.45. The van der Waals surface area contributed by atoms with Crippen LogP contribution < -0.4 is 5.56 Å². The van der Waals surface area contributed by atoms with Crippen LogP contribution in [0.1, 0.15) is 10.4 Å². The summed E-state index contributed by atoms with van der Waals surface area (Å²) in [7, 11) is -1.58.